The highest BCUT2D eigenvalue weighted by Gasteiger charge is 2.20. The first-order valence-corrected chi connectivity index (χ1v) is 12.4. The fourth-order valence-electron chi connectivity index (χ4n) is 4.59. The minimum atomic E-state index is -0.440. The number of rotatable bonds is 8. The van der Waals surface area contributed by atoms with Crippen molar-refractivity contribution in [3.8, 4) is 5.88 Å². The van der Waals surface area contributed by atoms with Crippen LogP contribution in [0.15, 0.2) is 108 Å². The number of carbonyl (C=O) groups is 1. The van der Waals surface area contributed by atoms with Crippen molar-refractivity contribution in [3.05, 3.63) is 131 Å². The van der Waals surface area contributed by atoms with Crippen LogP contribution in [0, 0.1) is 0 Å². The highest BCUT2D eigenvalue weighted by atomic mass is 16.5. The van der Waals surface area contributed by atoms with Gasteiger partial charge in [0.15, 0.2) is 5.88 Å². The summed E-state index contributed by atoms with van der Waals surface area (Å²) in [5.74, 6) is -0.451. The van der Waals surface area contributed by atoms with Crippen LogP contribution in [0.2, 0.25) is 0 Å². The van der Waals surface area contributed by atoms with Crippen LogP contribution in [0.1, 0.15) is 32.6 Å². The van der Waals surface area contributed by atoms with Gasteiger partial charge in [-0.2, -0.15) is 0 Å². The Morgan fingerprint density at radius 3 is 2.13 bits per heavy atom. The van der Waals surface area contributed by atoms with E-state index in [1.165, 1.54) is 18.2 Å². The van der Waals surface area contributed by atoms with Crippen molar-refractivity contribution in [2.45, 2.75) is 13.1 Å². The molecule has 190 valence electrons. The van der Waals surface area contributed by atoms with Crippen LogP contribution < -0.4 is 0 Å². The normalized spacial score (nSPS) is 11.7. The van der Waals surface area contributed by atoms with Crippen LogP contribution in [-0.2, 0) is 17.8 Å². The number of esters is 1. The molecule has 5 rings (SSSR count). The van der Waals surface area contributed by atoms with Gasteiger partial charge in [0.2, 0.25) is 0 Å². The number of hydrogen-bond acceptors (Lipinski definition) is 5. The van der Waals surface area contributed by atoms with Crippen LogP contribution in [0.3, 0.4) is 0 Å². The number of methoxy groups -OCH3 is 1. The van der Waals surface area contributed by atoms with Crippen molar-refractivity contribution in [2.24, 2.45) is 4.99 Å². The summed E-state index contributed by atoms with van der Waals surface area (Å²) in [6.07, 6.45) is 0. The maximum absolute atomic E-state index is 12.2. The predicted octanol–water partition coefficient (Wildman–Crippen LogP) is 6.46. The minimum Gasteiger partial charge on any atom is -0.494 e. The number of aromatic amines is 1. The highest BCUT2D eigenvalue weighted by Crippen LogP contribution is 2.32. The lowest BCUT2D eigenvalue weighted by molar-refractivity contribution is 0.0601. The molecular formula is C32H29N3O3. The first kappa shape index (κ1) is 25.0. The fourth-order valence-corrected chi connectivity index (χ4v) is 4.59. The zero-order valence-corrected chi connectivity index (χ0v) is 21.4. The quantitative estimate of drug-likeness (QED) is 0.188. The molecule has 6 nitrogen and oxygen atoms in total. The topological polar surface area (TPSA) is 77.9 Å². The first-order valence-electron chi connectivity index (χ1n) is 12.4. The molecule has 0 aliphatic carbocycles. The summed E-state index contributed by atoms with van der Waals surface area (Å²) in [6, 6.07) is 33.4. The number of aromatic hydroxyl groups is 1. The van der Waals surface area contributed by atoms with Gasteiger partial charge in [-0.25, -0.2) is 9.79 Å². The molecule has 2 N–H and O–H groups in total. The Morgan fingerprint density at radius 2 is 1.47 bits per heavy atom. The van der Waals surface area contributed by atoms with Crippen molar-refractivity contribution in [1.29, 1.82) is 0 Å². The minimum absolute atomic E-state index is 0.0104. The first-order chi connectivity index (χ1) is 18.5. The molecule has 0 radical (unpaired) electrons. The Morgan fingerprint density at radius 1 is 0.842 bits per heavy atom. The Kier molecular flexibility index (Phi) is 7.33. The summed E-state index contributed by atoms with van der Waals surface area (Å²) in [7, 11) is 3.46. The van der Waals surface area contributed by atoms with E-state index >= 15 is 0 Å². The standard InChI is InChI=1S/C32H29N3O3/c1-35(20-22-9-5-3-6-10-22)21-23-13-16-26(17-14-23)33-30(24-11-7-4-8-12-24)29-27-19-25(32(37)38-2)15-18-28(27)34-31(29)36/h3-19,34,36H,20-21H2,1-2H3. The number of aliphatic imine (C=N–C) groups is 1. The lowest BCUT2D eigenvalue weighted by Gasteiger charge is -2.17. The largest absolute Gasteiger partial charge is 0.494 e. The average Bonchev–Trinajstić information content (AvgIpc) is 3.27. The molecule has 6 heteroatoms. The number of H-pyrrole nitrogens is 1. The van der Waals surface area contributed by atoms with Crippen molar-refractivity contribution in [1.82, 2.24) is 9.88 Å². The van der Waals surface area contributed by atoms with E-state index in [1.54, 1.807) is 18.2 Å². The van der Waals surface area contributed by atoms with E-state index < -0.39 is 5.97 Å². The van der Waals surface area contributed by atoms with Crippen molar-refractivity contribution < 1.29 is 14.6 Å². The second-order valence-electron chi connectivity index (χ2n) is 9.25. The molecule has 0 unspecified atom stereocenters. The third-order valence-electron chi connectivity index (χ3n) is 6.41. The second-order valence-corrected chi connectivity index (χ2v) is 9.25. The summed E-state index contributed by atoms with van der Waals surface area (Å²) in [6.45, 7) is 1.68. The van der Waals surface area contributed by atoms with Crippen LogP contribution in [0.4, 0.5) is 5.69 Å². The maximum atomic E-state index is 12.2. The van der Waals surface area contributed by atoms with Crippen LogP contribution in [-0.4, -0.2) is 40.8 Å². The number of hydrogen-bond donors (Lipinski definition) is 2. The third-order valence-corrected chi connectivity index (χ3v) is 6.41. The van der Waals surface area contributed by atoms with E-state index in [9.17, 15) is 9.90 Å². The zero-order chi connectivity index (χ0) is 26.5. The van der Waals surface area contributed by atoms with Gasteiger partial charge >= 0.3 is 5.97 Å². The third kappa shape index (κ3) is 5.51. The van der Waals surface area contributed by atoms with E-state index in [4.69, 9.17) is 9.73 Å². The predicted molar refractivity (Wildman–Crippen MR) is 151 cm³/mol. The molecule has 0 fully saturated rings. The van der Waals surface area contributed by atoms with E-state index in [1.807, 2.05) is 48.5 Å². The molecule has 1 heterocycles. The van der Waals surface area contributed by atoms with Gasteiger partial charge in [0, 0.05) is 29.6 Å². The molecule has 0 atom stereocenters. The van der Waals surface area contributed by atoms with Gasteiger partial charge < -0.3 is 14.8 Å². The Bertz CT molecular complexity index is 1570. The summed E-state index contributed by atoms with van der Waals surface area (Å²) < 4.78 is 4.90. The van der Waals surface area contributed by atoms with Gasteiger partial charge in [-0.3, -0.25) is 4.90 Å². The summed E-state index contributed by atoms with van der Waals surface area (Å²) in [4.78, 5) is 22.4. The molecule has 0 saturated heterocycles. The Balaban J connectivity index is 1.49. The number of benzene rings is 4. The van der Waals surface area contributed by atoms with Crippen molar-refractivity contribution >= 4 is 28.3 Å². The number of ether oxygens (including phenoxy) is 1. The molecule has 0 spiro atoms. The summed E-state index contributed by atoms with van der Waals surface area (Å²) >= 11 is 0. The SMILES string of the molecule is COC(=O)c1ccc2[nH]c(O)c(C(=Nc3ccc(CN(C)Cc4ccccc4)cc3)c3ccccc3)c2c1. The molecule has 0 saturated carbocycles. The average molecular weight is 504 g/mol. The van der Waals surface area contributed by atoms with Gasteiger partial charge in [-0.15, -0.1) is 0 Å². The van der Waals surface area contributed by atoms with Crippen molar-refractivity contribution in [3.63, 3.8) is 0 Å². The van der Waals surface area contributed by atoms with E-state index in [0.717, 1.165) is 24.3 Å². The lowest BCUT2D eigenvalue weighted by Crippen LogP contribution is -2.17. The van der Waals surface area contributed by atoms with Crippen LogP contribution in [0.5, 0.6) is 5.88 Å². The molecule has 4 aromatic carbocycles. The number of carbonyl (C=O) groups excluding carboxylic acids is 1. The van der Waals surface area contributed by atoms with E-state index in [2.05, 4.69) is 53.3 Å². The molecule has 1 aromatic heterocycles. The summed E-state index contributed by atoms with van der Waals surface area (Å²) in [5, 5.41) is 11.6. The molecular weight excluding hydrogens is 474 g/mol. The van der Waals surface area contributed by atoms with Gasteiger partial charge in [0.1, 0.15) is 0 Å². The van der Waals surface area contributed by atoms with Crippen LogP contribution in [0.25, 0.3) is 10.9 Å². The van der Waals surface area contributed by atoms with Crippen LogP contribution >= 0.6 is 0 Å². The van der Waals surface area contributed by atoms with Gasteiger partial charge in [-0.05, 0) is 48.5 Å². The monoisotopic (exact) mass is 503 g/mol. The fraction of sp³-hybridized carbons (Fsp3) is 0.125. The lowest BCUT2D eigenvalue weighted by atomic mass is 9.99. The number of fused-ring (bicyclic) bond motifs is 1. The molecule has 5 aromatic rings. The number of nitrogens with zero attached hydrogens (tertiary/aromatic N) is 2. The van der Waals surface area contributed by atoms with Gasteiger partial charge in [-0.1, -0.05) is 72.8 Å². The van der Waals surface area contributed by atoms with Gasteiger partial charge in [0.05, 0.1) is 29.6 Å². The Labute approximate surface area is 221 Å². The second kappa shape index (κ2) is 11.2. The molecule has 38 heavy (non-hydrogen) atoms. The summed E-state index contributed by atoms with van der Waals surface area (Å²) in [5.41, 5.74) is 6.30. The van der Waals surface area contributed by atoms with E-state index in [0.29, 0.717) is 27.7 Å². The molecule has 0 aliphatic heterocycles. The number of nitrogens with one attached hydrogen (secondary N) is 1. The van der Waals surface area contributed by atoms with Crippen molar-refractivity contribution in [2.75, 3.05) is 14.2 Å². The zero-order valence-electron chi connectivity index (χ0n) is 21.4. The highest BCUT2D eigenvalue weighted by molar-refractivity contribution is 6.22. The Hall–Kier alpha value is -4.68. The van der Waals surface area contributed by atoms with Gasteiger partial charge in [0.25, 0.3) is 0 Å². The molecule has 0 aliphatic rings. The van der Waals surface area contributed by atoms with E-state index in [-0.39, 0.29) is 5.88 Å². The molecule has 0 bridgehead atoms. The molecule has 0 amide bonds. The smallest absolute Gasteiger partial charge is 0.337 e. The number of aromatic nitrogens is 1. The maximum Gasteiger partial charge on any atom is 0.337 e.